The predicted octanol–water partition coefficient (Wildman–Crippen LogP) is 4.04. The van der Waals surface area contributed by atoms with Crippen LogP contribution >= 0.6 is 0 Å². The van der Waals surface area contributed by atoms with Crippen molar-refractivity contribution in [2.45, 2.75) is 33.4 Å². The van der Waals surface area contributed by atoms with E-state index in [9.17, 15) is 9.18 Å². The predicted molar refractivity (Wildman–Crippen MR) is 106 cm³/mol. The Hall–Kier alpha value is -3.55. The van der Waals surface area contributed by atoms with Gasteiger partial charge in [-0.3, -0.25) is 9.48 Å². The van der Waals surface area contributed by atoms with Gasteiger partial charge in [0.25, 0.3) is 11.6 Å². The molecule has 7 nitrogen and oxygen atoms in total. The van der Waals surface area contributed by atoms with Crippen molar-refractivity contribution in [3.8, 4) is 11.3 Å². The molecule has 1 atom stereocenters. The maximum Gasteiger partial charge on any atom is 0.259 e. The first-order valence-electron chi connectivity index (χ1n) is 9.33. The number of nitrogens with one attached hydrogen (secondary N) is 1. The molecule has 0 saturated carbocycles. The molecule has 1 amide bonds. The summed E-state index contributed by atoms with van der Waals surface area (Å²) in [6.07, 6.45) is 1.87. The smallest absolute Gasteiger partial charge is 0.259 e. The lowest BCUT2D eigenvalue weighted by Gasteiger charge is -2.13. The molecule has 3 aromatic heterocycles. The van der Waals surface area contributed by atoms with E-state index >= 15 is 0 Å². The molecule has 4 rings (SSSR count). The molecule has 4 aromatic rings. The van der Waals surface area contributed by atoms with Gasteiger partial charge in [-0.1, -0.05) is 5.16 Å². The monoisotopic (exact) mass is 393 g/mol. The quantitative estimate of drug-likeness (QED) is 0.553. The Kier molecular flexibility index (Phi) is 4.84. The molecule has 8 heteroatoms. The lowest BCUT2D eigenvalue weighted by Crippen LogP contribution is -2.27. The molecule has 1 aromatic carbocycles. The van der Waals surface area contributed by atoms with Crippen LogP contribution in [-0.2, 0) is 6.54 Å². The van der Waals surface area contributed by atoms with Crippen molar-refractivity contribution in [2.24, 2.45) is 0 Å². The summed E-state index contributed by atoms with van der Waals surface area (Å²) in [4.78, 5) is 17.4. The van der Waals surface area contributed by atoms with Gasteiger partial charge in [0, 0.05) is 24.0 Å². The number of aromatic nitrogens is 4. The van der Waals surface area contributed by atoms with Crippen LogP contribution in [0.4, 0.5) is 4.39 Å². The molecule has 0 radical (unpaired) electrons. The van der Waals surface area contributed by atoms with Gasteiger partial charge in [0.15, 0.2) is 0 Å². The number of carbonyl (C=O) groups is 1. The van der Waals surface area contributed by atoms with Gasteiger partial charge in [-0.25, -0.2) is 9.37 Å². The Balaban J connectivity index is 1.73. The second kappa shape index (κ2) is 7.46. The maximum atomic E-state index is 13.3. The van der Waals surface area contributed by atoms with Crippen LogP contribution in [0.5, 0.6) is 0 Å². The number of pyridine rings is 1. The summed E-state index contributed by atoms with van der Waals surface area (Å²) >= 11 is 0. The maximum absolute atomic E-state index is 13.3. The van der Waals surface area contributed by atoms with E-state index in [1.165, 1.54) is 12.1 Å². The third-order valence-corrected chi connectivity index (χ3v) is 4.71. The summed E-state index contributed by atoms with van der Waals surface area (Å²) in [7, 11) is 0. The molecular formula is C21H20FN5O2. The van der Waals surface area contributed by atoms with Crippen molar-refractivity contribution in [1.29, 1.82) is 0 Å². The zero-order valence-electron chi connectivity index (χ0n) is 16.3. The summed E-state index contributed by atoms with van der Waals surface area (Å²) in [6.45, 7) is 6.41. The second-order valence-electron chi connectivity index (χ2n) is 6.82. The van der Waals surface area contributed by atoms with Gasteiger partial charge in [-0.05, 0) is 57.2 Å². The number of aryl methyl sites for hydroxylation is 2. The number of benzene rings is 1. The van der Waals surface area contributed by atoms with Crippen LogP contribution < -0.4 is 5.32 Å². The highest BCUT2D eigenvalue weighted by molar-refractivity contribution is 6.09. The van der Waals surface area contributed by atoms with Crippen molar-refractivity contribution in [1.82, 2.24) is 25.2 Å². The third kappa shape index (κ3) is 3.61. The van der Waals surface area contributed by atoms with E-state index in [0.29, 0.717) is 27.9 Å². The van der Waals surface area contributed by atoms with Crippen molar-refractivity contribution < 1.29 is 13.7 Å². The number of hydrogen-bond acceptors (Lipinski definition) is 5. The van der Waals surface area contributed by atoms with Gasteiger partial charge < -0.3 is 9.84 Å². The number of fused-ring (bicyclic) bond motifs is 1. The second-order valence-corrected chi connectivity index (χ2v) is 6.82. The van der Waals surface area contributed by atoms with E-state index in [1.807, 2.05) is 26.1 Å². The van der Waals surface area contributed by atoms with Crippen molar-refractivity contribution in [3.63, 3.8) is 0 Å². The highest BCUT2D eigenvalue weighted by Gasteiger charge is 2.22. The molecule has 1 N–H and O–H groups in total. The van der Waals surface area contributed by atoms with Gasteiger partial charge >= 0.3 is 0 Å². The van der Waals surface area contributed by atoms with Crippen LogP contribution in [0.1, 0.15) is 41.6 Å². The van der Waals surface area contributed by atoms with E-state index in [4.69, 9.17) is 4.52 Å². The minimum atomic E-state index is -0.353. The van der Waals surface area contributed by atoms with Crippen molar-refractivity contribution in [2.75, 3.05) is 0 Å². The first-order valence-corrected chi connectivity index (χ1v) is 9.33. The van der Waals surface area contributed by atoms with Crippen LogP contribution in [0.3, 0.4) is 0 Å². The summed E-state index contributed by atoms with van der Waals surface area (Å²) in [5.74, 6) is -0.639. The fourth-order valence-corrected chi connectivity index (χ4v) is 3.19. The van der Waals surface area contributed by atoms with Gasteiger partial charge in [0.1, 0.15) is 11.5 Å². The standard InChI is InChI=1S/C21H20FN5O2/c1-4-27-10-9-17(25-27)13(3)24-20(28)16-11-12(2)23-21-18(16)19(26-29-21)14-5-7-15(22)8-6-14/h5-11,13H,4H2,1-3H3,(H,24,28). The Morgan fingerprint density at radius 3 is 2.72 bits per heavy atom. The number of halogens is 1. The molecule has 1 unspecified atom stereocenters. The Morgan fingerprint density at radius 2 is 2.03 bits per heavy atom. The molecule has 0 bridgehead atoms. The third-order valence-electron chi connectivity index (χ3n) is 4.71. The van der Waals surface area contributed by atoms with E-state index in [0.717, 1.165) is 12.2 Å². The zero-order chi connectivity index (χ0) is 20.5. The molecule has 0 fully saturated rings. The molecule has 0 aliphatic carbocycles. The number of rotatable bonds is 5. The normalized spacial score (nSPS) is 12.3. The molecule has 0 aliphatic rings. The van der Waals surface area contributed by atoms with Gasteiger partial charge in [0.05, 0.1) is 22.7 Å². The Morgan fingerprint density at radius 1 is 1.28 bits per heavy atom. The highest BCUT2D eigenvalue weighted by atomic mass is 19.1. The van der Waals surface area contributed by atoms with Crippen LogP contribution in [0.2, 0.25) is 0 Å². The topological polar surface area (TPSA) is 85.8 Å². The SMILES string of the molecule is CCn1ccc(C(C)NC(=O)c2cc(C)nc3onc(-c4ccc(F)cc4)c23)n1. The lowest BCUT2D eigenvalue weighted by molar-refractivity contribution is 0.0940. The Labute approximate surface area is 166 Å². The molecule has 3 heterocycles. The molecule has 148 valence electrons. The van der Waals surface area contributed by atoms with Crippen molar-refractivity contribution >= 4 is 17.0 Å². The molecule has 0 aliphatic heterocycles. The van der Waals surface area contributed by atoms with Crippen LogP contribution in [0, 0.1) is 12.7 Å². The van der Waals surface area contributed by atoms with E-state index in [-0.39, 0.29) is 23.5 Å². The molecular weight excluding hydrogens is 373 g/mol. The minimum absolute atomic E-state index is 0.261. The van der Waals surface area contributed by atoms with Gasteiger partial charge in [-0.2, -0.15) is 5.10 Å². The van der Waals surface area contributed by atoms with Crippen LogP contribution in [0.25, 0.3) is 22.4 Å². The first-order chi connectivity index (χ1) is 14.0. The Bertz CT molecular complexity index is 1180. The molecule has 0 spiro atoms. The summed E-state index contributed by atoms with van der Waals surface area (Å²) < 4.78 is 20.5. The summed E-state index contributed by atoms with van der Waals surface area (Å²) in [6, 6.07) is 9.15. The summed E-state index contributed by atoms with van der Waals surface area (Å²) in [5, 5.41) is 12.0. The largest absolute Gasteiger partial charge is 0.344 e. The summed E-state index contributed by atoms with van der Waals surface area (Å²) in [5.41, 5.74) is 3.14. The first kappa shape index (κ1) is 18.8. The minimum Gasteiger partial charge on any atom is -0.344 e. The lowest BCUT2D eigenvalue weighted by atomic mass is 10.0. The van der Waals surface area contributed by atoms with Crippen LogP contribution in [-0.4, -0.2) is 25.8 Å². The number of nitrogens with zero attached hydrogens (tertiary/aromatic N) is 4. The van der Waals surface area contributed by atoms with Crippen LogP contribution in [0.15, 0.2) is 47.1 Å². The highest BCUT2D eigenvalue weighted by Crippen LogP contribution is 2.30. The van der Waals surface area contributed by atoms with E-state index in [2.05, 4.69) is 20.6 Å². The van der Waals surface area contributed by atoms with E-state index < -0.39 is 0 Å². The molecule has 29 heavy (non-hydrogen) atoms. The number of hydrogen-bond donors (Lipinski definition) is 1. The number of amides is 1. The van der Waals surface area contributed by atoms with Crippen molar-refractivity contribution in [3.05, 3.63) is 65.4 Å². The van der Waals surface area contributed by atoms with Gasteiger partial charge in [-0.15, -0.1) is 0 Å². The zero-order valence-corrected chi connectivity index (χ0v) is 16.3. The van der Waals surface area contributed by atoms with Gasteiger partial charge in [0.2, 0.25) is 0 Å². The average Bonchev–Trinajstić information content (AvgIpc) is 3.35. The molecule has 0 saturated heterocycles. The average molecular weight is 393 g/mol. The fraction of sp³-hybridized carbons (Fsp3) is 0.238. The fourth-order valence-electron chi connectivity index (χ4n) is 3.19. The number of carbonyl (C=O) groups excluding carboxylic acids is 1. The van der Waals surface area contributed by atoms with E-state index in [1.54, 1.807) is 29.8 Å².